The van der Waals surface area contributed by atoms with Crippen LogP contribution in [0, 0.1) is 6.92 Å². The van der Waals surface area contributed by atoms with Crippen LogP contribution in [0.5, 0.6) is 0 Å². The monoisotopic (exact) mass is 282 g/mol. The molecule has 8 heteroatoms. The SMILES string of the molecule is Cc1nc(C(C)(C)NS(=O)(=O)c2cccnc2)no1. The van der Waals surface area contributed by atoms with Gasteiger partial charge in [-0.2, -0.15) is 9.71 Å². The zero-order chi connectivity index (χ0) is 14.1. The van der Waals surface area contributed by atoms with Crippen LogP contribution < -0.4 is 4.72 Å². The molecule has 0 atom stereocenters. The number of rotatable bonds is 4. The van der Waals surface area contributed by atoms with Crippen molar-refractivity contribution in [1.29, 1.82) is 0 Å². The van der Waals surface area contributed by atoms with Crippen LogP contribution in [0.15, 0.2) is 33.9 Å². The van der Waals surface area contributed by atoms with Gasteiger partial charge in [-0.3, -0.25) is 4.98 Å². The van der Waals surface area contributed by atoms with Gasteiger partial charge >= 0.3 is 0 Å². The van der Waals surface area contributed by atoms with E-state index in [1.54, 1.807) is 26.8 Å². The van der Waals surface area contributed by atoms with Gasteiger partial charge in [0.25, 0.3) is 0 Å². The van der Waals surface area contributed by atoms with Crippen molar-refractivity contribution in [2.45, 2.75) is 31.2 Å². The van der Waals surface area contributed by atoms with Crippen LogP contribution >= 0.6 is 0 Å². The molecule has 2 heterocycles. The van der Waals surface area contributed by atoms with Crippen LogP contribution in [0.3, 0.4) is 0 Å². The molecule has 0 spiro atoms. The van der Waals surface area contributed by atoms with Crippen molar-refractivity contribution in [2.24, 2.45) is 0 Å². The molecule has 2 rings (SSSR count). The van der Waals surface area contributed by atoms with Crippen LogP contribution in [0.2, 0.25) is 0 Å². The van der Waals surface area contributed by atoms with Gasteiger partial charge in [0.15, 0.2) is 5.82 Å². The van der Waals surface area contributed by atoms with Crippen LogP contribution in [0.1, 0.15) is 25.6 Å². The van der Waals surface area contributed by atoms with E-state index < -0.39 is 15.6 Å². The number of sulfonamides is 1. The third-order valence-corrected chi connectivity index (χ3v) is 4.06. The molecule has 0 radical (unpaired) electrons. The van der Waals surface area contributed by atoms with Crippen LogP contribution in [0.25, 0.3) is 0 Å². The summed E-state index contributed by atoms with van der Waals surface area (Å²) in [6, 6.07) is 3.02. The first kappa shape index (κ1) is 13.6. The van der Waals surface area contributed by atoms with E-state index in [2.05, 4.69) is 19.8 Å². The summed E-state index contributed by atoms with van der Waals surface area (Å²) < 4.78 is 31.8. The second-order valence-corrected chi connectivity index (χ2v) is 6.24. The van der Waals surface area contributed by atoms with Gasteiger partial charge in [-0.05, 0) is 26.0 Å². The Morgan fingerprint density at radius 2 is 2.11 bits per heavy atom. The molecule has 0 aliphatic carbocycles. The molecule has 19 heavy (non-hydrogen) atoms. The number of nitrogens with zero attached hydrogens (tertiary/aromatic N) is 3. The Labute approximate surface area is 111 Å². The van der Waals surface area contributed by atoms with E-state index >= 15 is 0 Å². The number of hydrogen-bond donors (Lipinski definition) is 1. The smallest absolute Gasteiger partial charge is 0.243 e. The van der Waals surface area contributed by atoms with E-state index in [1.165, 1.54) is 18.5 Å². The van der Waals surface area contributed by atoms with Gasteiger partial charge in [-0.1, -0.05) is 5.16 Å². The van der Waals surface area contributed by atoms with E-state index in [0.717, 1.165) is 0 Å². The maximum Gasteiger partial charge on any atom is 0.243 e. The molecule has 2 aromatic rings. The first-order valence-corrected chi connectivity index (χ1v) is 7.04. The van der Waals surface area contributed by atoms with Gasteiger partial charge in [0.1, 0.15) is 4.90 Å². The molecule has 0 aliphatic rings. The lowest BCUT2D eigenvalue weighted by Crippen LogP contribution is -2.41. The van der Waals surface area contributed by atoms with Gasteiger partial charge in [0.2, 0.25) is 15.9 Å². The zero-order valence-electron chi connectivity index (χ0n) is 10.8. The molecule has 0 fully saturated rings. The second kappa shape index (κ2) is 4.71. The lowest BCUT2D eigenvalue weighted by atomic mass is 10.1. The van der Waals surface area contributed by atoms with Gasteiger partial charge in [-0.25, -0.2) is 8.42 Å². The van der Waals surface area contributed by atoms with Crippen molar-refractivity contribution < 1.29 is 12.9 Å². The molecule has 7 nitrogen and oxygen atoms in total. The maximum atomic E-state index is 12.2. The summed E-state index contributed by atoms with van der Waals surface area (Å²) in [4.78, 5) is 7.92. The van der Waals surface area contributed by atoms with Crippen molar-refractivity contribution in [2.75, 3.05) is 0 Å². The molecular formula is C11H14N4O3S. The molecule has 0 aromatic carbocycles. The summed E-state index contributed by atoms with van der Waals surface area (Å²) in [6.07, 6.45) is 2.78. The Kier molecular flexibility index (Phi) is 3.38. The first-order chi connectivity index (χ1) is 8.81. The molecule has 1 N–H and O–H groups in total. The molecule has 102 valence electrons. The van der Waals surface area contributed by atoms with E-state index in [0.29, 0.717) is 5.89 Å². The normalized spacial score (nSPS) is 12.6. The Bertz CT molecular complexity index is 664. The van der Waals surface area contributed by atoms with Crippen molar-refractivity contribution in [3.63, 3.8) is 0 Å². The number of pyridine rings is 1. The molecule has 0 bridgehead atoms. The predicted molar refractivity (Wildman–Crippen MR) is 66.6 cm³/mol. The molecule has 2 aromatic heterocycles. The van der Waals surface area contributed by atoms with Crippen molar-refractivity contribution in [3.05, 3.63) is 36.2 Å². The molecule has 0 amide bonds. The number of nitrogens with one attached hydrogen (secondary N) is 1. The minimum Gasteiger partial charge on any atom is -0.340 e. The Balaban J connectivity index is 2.30. The van der Waals surface area contributed by atoms with Gasteiger partial charge < -0.3 is 4.52 Å². The van der Waals surface area contributed by atoms with Crippen LogP contribution in [0.4, 0.5) is 0 Å². The molecule has 0 aliphatic heterocycles. The van der Waals surface area contributed by atoms with E-state index in [4.69, 9.17) is 4.52 Å². The summed E-state index contributed by atoms with van der Waals surface area (Å²) in [6.45, 7) is 4.96. The summed E-state index contributed by atoms with van der Waals surface area (Å²) >= 11 is 0. The van der Waals surface area contributed by atoms with Crippen LogP contribution in [-0.4, -0.2) is 23.5 Å². The highest BCUT2D eigenvalue weighted by molar-refractivity contribution is 7.89. The third kappa shape index (κ3) is 2.96. The summed E-state index contributed by atoms with van der Waals surface area (Å²) in [5.74, 6) is 0.654. The third-order valence-electron chi connectivity index (χ3n) is 2.42. The predicted octanol–water partition coefficient (Wildman–Crippen LogP) is 0.987. The molecular weight excluding hydrogens is 268 g/mol. The van der Waals surface area contributed by atoms with Crippen molar-refractivity contribution >= 4 is 10.0 Å². The molecule has 0 saturated heterocycles. The highest BCUT2D eigenvalue weighted by Gasteiger charge is 2.32. The lowest BCUT2D eigenvalue weighted by Gasteiger charge is -2.21. The second-order valence-electron chi connectivity index (χ2n) is 4.56. The first-order valence-electron chi connectivity index (χ1n) is 5.56. The van der Waals surface area contributed by atoms with Crippen molar-refractivity contribution in [1.82, 2.24) is 19.8 Å². The topological polar surface area (TPSA) is 98.0 Å². The van der Waals surface area contributed by atoms with E-state index in [9.17, 15) is 8.42 Å². The fraction of sp³-hybridized carbons (Fsp3) is 0.364. The standard InChI is InChI=1S/C11H14N4O3S/c1-8-13-10(14-18-8)11(2,3)15-19(16,17)9-5-4-6-12-7-9/h4-7,15H,1-3H3. The average Bonchev–Trinajstić information content (AvgIpc) is 2.77. The zero-order valence-corrected chi connectivity index (χ0v) is 11.6. The largest absolute Gasteiger partial charge is 0.340 e. The summed E-state index contributed by atoms with van der Waals surface area (Å²) in [5.41, 5.74) is -0.980. The van der Waals surface area contributed by atoms with Gasteiger partial charge in [0.05, 0.1) is 5.54 Å². The van der Waals surface area contributed by atoms with Crippen molar-refractivity contribution in [3.8, 4) is 0 Å². The number of aryl methyl sites for hydroxylation is 1. The average molecular weight is 282 g/mol. The van der Waals surface area contributed by atoms with Gasteiger partial charge in [0, 0.05) is 19.3 Å². The van der Waals surface area contributed by atoms with Crippen LogP contribution in [-0.2, 0) is 15.6 Å². The molecule has 0 saturated carbocycles. The fourth-order valence-corrected chi connectivity index (χ4v) is 2.84. The van der Waals surface area contributed by atoms with E-state index in [1.807, 2.05) is 0 Å². The Morgan fingerprint density at radius 1 is 1.37 bits per heavy atom. The highest BCUT2D eigenvalue weighted by atomic mass is 32.2. The minimum absolute atomic E-state index is 0.0864. The maximum absolute atomic E-state index is 12.2. The molecule has 0 unspecified atom stereocenters. The van der Waals surface area contributed by atoms with Gasteiger partial charge in [-0.15, -0.1) is 0 Å². The highest BCUT2D eigenvalue weighted by Crippen LogP contribution is 2.20. The van der Waals surface area contributed by atoms with E-state index in [-0.39, 0.29) is 10.7 Å². The fourth-order valence-electron chi connectivity index (χ4n) is 1.50. The Hall–Kier alpha value is -1.80. The summed E-state index contributed by atoms with van der Waals surface area (Å²) in [7, 11) is -3.69. The summed E-state index contributed by atoms with van der Waals surface area (Å²) in [5, 5.41) is 3.74. The number of hydrogen-bond acceptors (Lipinski definition) is 6. The Morgan fingerprint density at radius 3 is 2.63 bits per heavy atom. The minimum atomic E-state index is -3.69. The quantitative estimate of drug-likeness (QED) is 0.897. The number of aromatic nitrogens is 3. The lowest BCUT2D eigenvalue weighted by molar-refractivity contribution is 0.362.